The molecule has 0 nitrogen and oxygen atoms in total. The van der Waals surface area contributed by atoms with Crippen molar-refractivity contribution in [1.29, 1.82) is 0 Å². The maximum absolute atomic E-state index is 3.39. The fourth-order valence-electron chi connectivity index (χ4n) is 2.38. The van der Waals surface area contributed by atoms with Gasteiger partial charge in [0.2, 0.25) is 0 Å². The van der Waals surface area contributed by atoms with Gasteiger partial charge >= 0.3 is 0 Å². The zero-order valence-corrected chi connectivity index (χ0v) is 6.53. The topological polar surface area (TPSA) is 0 Å². The van der Waals surface area contributed by atoms with Gasteiger partial charge < -0.3 is 0 Å². The molecule has 0 bridgehead atoms. The van der Waals surface area contributed by atoms with Crippen molar-refractivity contribution in [2.24, 2.45) is 5.41 Å². The molecule has 2 rings (SSSR count). The van der Waals surface area contributed by atoms with Crippen molar-refractivity contribution in [2.45, 2.75) is 44.9 Å². The molecule has 0 saturated heterocycles. The highest BCUT2D eigenvalue weighted by Gasteiger charge is 2.31. The lowest BCUT2D eigenvalue weighted by molar-refractivity contribution is 0.336. The summed E-state index contributed by atoms with van der Waals surface area (Å²) in [5.74, 6) is 0. The molecule has 0 aliphatic heterocycles. The van der Waals surface area contributed by atoms with E-state index in [-0.39, 0.29) is 0 Å². The van der Waals surface area contributed by atoms with E-state index in [9.17, 15) is 0 Å². The number of allylic oxidation sites excluding steroid dienone is 2. The van der Waals surface area contributed by atoms with E-state index in [1.165, 1.54) is 44.9 Å². The first kappa shape index (κ1) is 6.45. The van der Waals surface area contributed by atoms with Crippen LogP contribution in [0.15, 0.2) is 6.08 Å². The summed E-state index contributed by atoms with van der Waals surface area (Å²) in [7, 11) is 0. The monoisotopic (exact) mass is 135 g/mol. The normalized spacial score (nSPS) is 29.6. The maximum Gasteiger partial charge on any atom is -0.0112 e. The number of hydrogen-bond donors (Lipinski definition) is 0. The van der Waals surface area contributed by atoms with Gasteiger partial charge in [0.1, 0.15) is 0 Å². The second kappa shape index (κ2) is 2.41. The highest BCUT2D eigenvalue weighted by Crippen LogP contribution is 2.45. The fraction of sp³-hybridized carbons (Fsp3) is 0.800. The Morgan fingerprint density at radius 2 is 1.70 bits per heavy atom. The molecular weight excluding hydrogens is 120 g/mol. The van der Waals surface area contributed by atoms with E-state index in [1.807, 2.05) is 0 Å². The molecule has 0 heteroatoms. The molecule has 1 radical (unpaired) electrons. The predicted molar refractivity (Wildman–Crippen MR) is 42.6 cm³/mol. The van der Waals surface area contributed by atoms with Gasteiger partial charge in [-0.3, -0.25) is 0 Å². The highest BCUT2D eigenvalue weighted by atomic mass is 14.4. The average molecular weight is 135 g/mol. The summed E-state index contributed by atoms with van der Waals surface area (Å²) in [5.41, 5.74) is 0.637. The van der Waals surface area contributed by atoms with Crippen molar-refractivity contribution in [3.8, 4) is 0 Å². The van der Waals surface area contributed by atoms with Crippen LogP contribution in [0.3, 0.4) is 0 Å². The third-order valence-electron chi connectivity index (χ3n) is 3.00. The highest BCUT2D eigenvalue weighted by molar-refractivity contribution is 5.02. The van der Waals surface area contributed by atoms with Crippen LogP contribution in [0.1, 0.15) is 44.9 Å². The molecule has 0 aromatic rings. The van der Waals surface area contributed by atoms with E-state index >= 15 is 0 Å². The van der Waals surface area contributed by atoms with Gasteiger partial charge in [-0.05, 0) is 43.6 Å². The summed E-state index contributed by atoms with van der Waals surface area (Å²) >= 11 is 0. The molecule has 0 N–H and O–H groups in total. The summed E-state index contributed by atoms with van der Waals surface area (Å²) in [4.78, 5) is 0. The molecule has 0 amide bonds. The molecule has 1 fully saturated rings. The van der Waals surface area contributed by atoms with E-state index in [1.54, 1.807) is 0 Å². The molecule has 0 heterocycles. The van der Waals surface area contributed by atoms with Gasteiger partial charge in [0.15, 0.2) is 0 Å². The Balaban J connectivity index is 2.11. The van der Waals surface area contributed by atoms with Crippen LogP contribution in [0, 0.1) is 11.5 Å². The van der Waals surface area contributed by atoms with Crippen LogP contribution in [-0.2, 0) is 0 Å². The van der Waals surface area contributed by atoms with Gasteiger partial charge in [-0.1, -0.05) is 18.9 Å². The van der Waals surface area contributed by atoms with Crippen LogP contribution in [0.2, 0.25) is 0 Å². The second-order valence-corrected chi connectivity index (χ2v) is 3.77. The fourth-order valence-corrected chi connectivity index (χ4v) is 2.38. The first-order valence-corrected chi connectivity index (χ1v) is 4.49. The van der Waals surface area contributed by atoms with Crippen molar-refractivity contribution in [2.75, 3.05) is 0 Å². The second-order valence-electron chi connectivity index (χ2n) is 3.77. The lowest BCUT2D eigenvalue weighted by Gasteiger charge is -2.27. The Morgan fingerprint density at radius 1 is 1.00 bits per heavy atom. The van der Waals surface area contributed by atoms with Crippen LogP contribution in [-0.4, -0.2) is 0 Å². The van der Waals surface area contributed by atoms with E-state index in [0.29, 0.717) is 5.41 Å². The molecule has 55 valence electrons. The van der Waals surface area contributed by atoms with Gasteiger partial charge in [-0.25, -0.2) is 0 Å². The van der Waals surface area contributed by atoms with Gasteiger partial charge in [0, 0.05) is 0 Å². The third-order valence-corrected chi connectivity index (χ3v) is 3.00. The molecule has 1 spiro atoms. The zero-order valence-electron chi connectivity index (χ0n) is 6.53. The van der Waals surface area contributed by atoms with Crippen molar-refractivity contribution < 1.29 is 0 Å². The van der Waals surface area contributed by atoms with E-state index in [4.69, 9.17) is 0 Å². The van der Waals surface area contributed by atoms with Crippen molar-refractivity contribution in [3.05, 3.63) is 12.2 Å². The molecular formula is C10H15. The Bertz CT molecular complexity index is 138. The largest absolute Gasteiger partial charge is 0.0748 e. The average Bonchev–Trinajstić information content (AvgIpc) is 2.39. The minimum atomic E-state index is 0.637. The molecule has 0 atom stereocenters. The summed E-state index contributed by atoms with van der Waals surface area (Å²) in [5, 5.41) is 0. The van der Waals surface area contributed by atoms with Crippen LogP contribution in [0.25, 0.3) is 0 Å². The number of hydrogen-bond acceptors (Lipinski definition) is 0. The van der Waals surface area contributed by atoms with Crippen molar-refractivity contribution in [1.82, 2.24) is 0 Å². The summed E-state index contributed by atoms with van der Waals surface area (Å²) in [6.45, 7) is 0. The Kier molecular flexibility index (Phi) is 1.55. The standard InChI is InChI=1S/C10H15/c1-2-6-10(7-3-1)8-4-5-9-10/h7H,1-2,4-6,8-9H2. The molecule has 2 aliphatic carbocycles. The molecule has 1 saturated carbocycles. The van der Waals surface area contributed by atoms with E-state index in [0.717, 1.165) is 0 Å². The van der Waals surface area contributed by atoms with E-state index in [2.05, 4.69) is 12.2 Å². The van der Waals surface area contributed by atoms with Crippen LogP contribution in [0.5, 0.6) is 0 Å². The first-order chi connectivity index (χ1) is 4.91. The minimum absolute atomic E-state index is 0.637. The molecule has 0 unspecified atom stereocenters. The molecule has 2 aliphatic rings. The zero-order chi connectivity index (χ0) is 6.86. The maximum atomic E-state index is 3.39. The van der Waals surface area contributed by atoms with E-state index < -0.39 is 0 Å². The Morgan fingerprint density at radius 3 is 2.30 bits per heavy atom. The van der Waals surface area contributed by atoms with Gasteiger partial charge in [-0.15, -0.1) is 0 Å². The first-order valence-electron chi connectivity index (χ1n) is 4.49. The van der Waals surface area contributed by atoms with Crippen LogP contribution in [0.4, 0.5) is 0 Å². The quantitative estimate of drug-likeness (QED) is 0.479. The third kappa shape index (κ3) is 1.00. The van der Waals surface area contributed by atoms with Crippen LogP contribution < -0.4 is 0 Å². The molecule has 10 heavy (non-hydrogen) atoms. The smallest absolute Gasteiger partial charge is 0.0112 e. The van der Waals surface area contributed by atoms with Crippen molar-refractivity contribution in [3.63, 3.8) is 0 Å². The summed E-state index contributed by atoms with van der Waals surface area (Å²) in [6.07, 6.45) is 15.6. The predicted octanol–water partition coefficient (Wildman–Crippen LogP) is 3.09. The van der Waals surface area contributed by atoms with Gasteiger partial charge in [0.25, 0.3) is 0 Å². The lowest BCUT2D eigenvalue weighted by Crippen LogP contribution is -2.15. The Hall–Kier alpha value is -0.260. The summed E-state index contributed by atoms with van der Waals surface area (Å²) < 4.78 is 0. The minimum Gasteiger partial charge on any atom is -0.0748 e. The van der Waals surface area contributed by atoms with Gasteiger partial charge in [-0.2, -0.15) is 0 Å². The van der Waals surface area contributed by atoms with Crippen LogP contribution >= 0.6 is 0 Å². The molecule has 0 aromatic carbocycles. The molecule has 0 aromatic heterocycles. The Labute approximate surface area is 63.3 Å². The van der Waals surface area contributed by atoms with Crippen molar-refractivity contribution >= 4 is 0 Å². The van der Waals surface area contributed by atoms with Gasteiger partial charge in [0.05, 0.1) is 0 Å². The number of rotatable bonds is 0. The lowest BCUT2D eigenvalue weighted by atomic mass is 9.78. The summed E-state index contributed by atoms with van der Waals surface area (Å²) in [6, 6.07) is 0. The SMILES string of the molecule is [C]1=CC2(CCC1)CCCC2.